The molecule has 3 aliphatic heterocycles. The summed E-state index contributed by atoms with van der Waals surface area (Å²) < 4.78 is 40.8. The van der Waals surface area contributed by atoms with Gasteiger partial charge in [0, 0.05) is 25.2 Å². The predicted molar refractivity (Wildman–Crippen MR) is 179 cm³/mol. The van der Waals surface area contributed by atoms with Gasteiger partial charge in [0.05, 0.1) is 31.9 Å². The first-order chi connectivity index (χ1) is 24.8. The molecule has 0 bridgehead atoms. The molecule has 1 aromatic carbocycles. The van der Waals surface area contributed by atoms with Gasteiger partial charge in [-0.15, -0.1) is 0 Å². The first kappa shape index (κ1) is 41.4. The molecule has 18 N–H and O–H groups in total. The minimum absolute atomic E-state index is 0.0839. The fourth-order valence-corrected chi connectivity index (χ4v) is 7.02. The molecule has 1 aromatic rings. The third kappa shape index (κ3) is 9.03. The van der Waals surface area contributed by atoms with Crippen molar-refractivity contribution in [2.24, 2.45) is 28.7 Å². The van der Waals surface area contributed by atoms with Gasteiger partial charge < -0.3 is 103 Å². The normalized spacial score (nSPS) is 45.6. The number of rotatable bonds is 14. The van der Waals surface area contributed by atoms with Gasteiger partial charge in [0.1, 0.15) is 72.9 Å². The van der Waals surface area contributed by atoms with Crippen molar-refractivity contribution in [2.45, 2.75) is 129 Å². The molecule has 0 aromatic heterocycles. The molecule has 20 heteroatoms. The van der Waals surface area contributed by atoms with Gasteiger partial charge in [-0.05, 0) is 37.1 Å². The maximum absolute atomic E-state index is 11.3. The average molecular weight is 749 g/mol. The fraction of sp³-hybridized carbons (Fsp3) is 0.812. The Hall–Kier alpha value is -1.74. The Morgan fingerprint density at radius 3 is 1.94 bits per heavy atom. The van der Waals surface area contributed by atoms with Crippen LogP contribution in [-0.2, 0) is 34.8 Å². The van der Waals surface area contributed by atoms with Gasteiger partial charge in [0.15, 0.2) is 18.9 Å². The Kier molecular flexibility index (Phi) is 14.5. The lowest BCUT2D eigenvalue weighted by Gasteiger charge is -2.47. The van der Waals surface area contributed by atoms with Gasteiger partial charge in [-0.3, -0.25) is 0 Å². The van der Waals surface area contributed by atoms with Crippen LogP contribution in [0.2, 0.25) is 0 Å². The molecule has 3 heterocycles. The molecule has 0 spiro atoms. The van der Waals surface area contributed by atoms with E-state index in [1.54, 1.807) is 7.11 Å². The van der Waals surface area contributed by atoms with Gasteiger partial charge in [0.25, 0.3) is 0 Å². The zero-order valence-electron chi connectivity index (χ0n) is 28.9. The number of aliphatic hydroxyl groups is 7. The lowest BCUT2D eigenvalue weighted by molar-refractivity contribution is -0.307. The molecular weight excluding hydrogens is 692 g/mol. The van der Waals surface area contributed by atoms with E-state index in [1.807, 2.05) is 24.3 Å². The molecule has 1 unspecified atom stereocenters. The van der Waals surface area contributed by atoms with E-state index in [1.165, 1.54) is 0 Å². The van der Waals surface area contributed by atoms with Crippen molar-refractivity contribution in [1.82, 2.24) is 5.32 Å². The number of nitrogens with one attached hydrogen (secondary N) is 1. The summed E-state index contributed by atoms with van der Waals surface area (Å²) in [6.07, 6.45) is -19.2. The Labute approximate surface area is 301 Å². The van der Waals surface area contributed by atoms with E-state index in [4.69, 9.17) is 61.8 Å². The number of ether oxygens (including phenoxy) is 7. The average Bonchev–Trinajstić information content (AvgIpc) is 3.43. The number of aliphatic hydroxyl groups excluding tert-OH is 7. The monoisotopic (exact) mass is 748 g/mol. The summed E-state index contributed by atoms with van der Waals surface area (Å²) in [4.78, 5) is 0. The fourth-order valence-electron chi connectivity index (χ4n) is 7.02. The minimum atomic E-state index is -1.62. The summed E-state index contributed by atoms with van der Waals surface area (Å²) in [6, 6.07) is 3.36. The SMILES string of the molecule is COc1cccc(CCNC[C@H]2O[C@H](O[C@H]3[C@H](O[C@@H]4O[C@H](CO)[C@@H](O[C@H]5OC(CN)[C@@H](O)[C@H](O)[C@H]5N)[C@H]4O)[C@@H](O)[C@H](N)C[C@@H]3N)[C@H](N)[C@@H](O)[C@@H]2O)c1. The standard InChI is InChI=1S/C32H56N6O14/c1-46-13-4-2-3-12(7-13)5-6-38-10-17-23(42)25(44)20(37)31(48-17)50-27-15(35)8-14(34)21(40)29(27)52-32-26(45)28(18(11-39)49-32)51-30-19(36)24(43)22(41)16(9-33)47-30/h2-4,7,14-32,38-45H,5-6,8-11,33-37H2,1H3/t14-,15+,16?,17-,18-,19-,20-,21+,22-,23-,24-,25-,26-,27-,28-,29-,30-,31-,32+/m1/s1. The first-order valence-corrected chi connectivity index (χ1v) is 17.5. The zero-order chi connectivity index (χ0) is 37.9. The number of hydrogen-bond acceptors (Lipinski definition) is 20. The quantitative estimate of drug-likeness (QED) is 0.0786. The Morgan fingerprint density at radius 2 is 1.31 bits per heavy atom. The van der Waals surface area contributed by atoms with Crippen molar-refractivity contribution >= 4 is 0 Å². The molecule has 20 nitrogen and oxygen atoms in total. The second kappa shape index (κ2) is 18.3. The summed E-state index contributed by atoms with van der Waals surface area (Å²) in [6.45, 7) is -0.182. The Morgan fingerprint density at radius 1 is 0.712 bits per heavy atom. The highest BCUT2D eigenvalue weighted by molar-refractivity contribution is 5.28. The lowest BCUT2D eigenvalue weighted by atomic mass is 9.84. The van der Waals surface area contributed by atoms with Crippen LogP contribution in [-0.4, -0.2) is 185 Å². The largest absolute Gasteiger partial charge is 0.497 e. The van der Waals surface area contributed by atoms with Crippen molar-refractivity contribution in [3.63, 3.8) is 0 Å². The Bertz CT molecular complexity index is 1260. The molecule has 5 rings (SSSR count). The number of benzene rings is 1. The summed E-state index contributed by atoms with van der Waals surface area (Å²) in [5.74, 6) is 0.729. The molecule has 4 aliphatic rings. The van der Waals surface area contributed by atoms with Gasteiger partial charge >= 0.3 is 0 Å². The highest BCUT2D eigenvalue weighted by Crippen LogP contribution is 2.34. The van der Waals surface area contributed by atoms with Gasteiger partial charge in [-0.2, -0.15) is 0 Å². The smallest absolute Gasteiger partial charge is 0.187 e. The van der Waals surface area contributed by atoms with Crippen LogP contribution in [0, 0.1) is 0 Å². The van der Waals surface area contributed by atoms with Crippen molar-refractivity contribution in [1.29, 1.82) is 0 Å². The van der Waals surface area contributed by atoms with E-state index in [-0.39, 0.29) is 19.5 Å². The van der Waals surface area contributed by atoms with Crippen molar-refractivity contribution in [3.8, 4) is 5.75 Å². The molecule has 1 aliphatic carbocycles. The second-order valence-corrected chi connectivity index (χ2v) is 13.8. The summed E-state index contributed by atoms with van der Waals surface area (Å²) in [5, 5.41) is 78.0. The van der Waals surface area contributed by atoms with E-state index >= 15 is 0 Å². The molecule has 0 amide bonds. The lowest BCUT2D eigenvalue weighted by Crippen LogP contribution is -2.68. The van der Waals surface area contributed by atoms with Crippen LogP contribution < -0.4 is 38.7 Å². The number of methoxy groups -OCH3 is 1. The molecule has 19 atom stereocenters. The zero-order valence-corrected chi connectivity index (χ0v) is 28.9. The predicted octanol–water partition coefficient (Wildman–Crippen LogP) is -7.01. The van der Waals surface area contributed by atoms with E-state index in [2.05, 4.69) is 5.32 Å². The number of hydrogen-bond donors (Lipinski definition) is 13. The van der Waals surface area contributed by atoms with Gasteiger partial charge in [-0.1, -0.05) is 12.1 Å². The van der Waals surface area contributed by atoms with E-state index in [9.17, 15) is 35.7 Å². The number of nitrogens with two attached hydrogens (primary N) is 5. The van der Waals surface area contributed by atoms with Gasteiger partial charge in [-0.25, -0.2) is 0 Å². The molecule has 0 radical (unpaired) electrons. The van der Waals surface area contributed by atoms with Crippen LogP contribution in [0.1, 0.15) is 12.0 Å². The van der Waals surface area contributed by atoms with Gasteiger partial charge in [0.2, 0.25) is 0 Å². The summed E-state index contributed by atoms with van der Waals surface area (Å²) in [5.41, 5.74) is 31.6. The maximum atomic E-state index is 11.3. The van der Waals surface area contributed by atoms with E-state index in [0.29, 0.717) is 13.0 Å². The summed E-state index contributed by atoms with van der Waals surface area (Å²) >= 11 is 0. The molecule has 52 heavy (non-hydrogen) atoms. The van der Waals surface area contributed by atoms with Crippen molar-refractivity contribution in [2.75, 3.05) is 33.4 Å². The second-order valence-electron chi connectivity index (χ2n) is 13.8. The topological polar surface area (TPSA) is 348 Å². The highest BCUT2D eigenvalue weighted by Gasteiger charge is 2.54. The molecular formula is C32H56N6O14. The van der Waals surface area contributed by atoms with Crippen LogP contribution in [0.4, 0.5) is 0 Å². The minimum Gasteiger partial charge on any atom is -0.497 e. The highest BCUT2D eigenvalue weighted by atomic mass is 16.8. The summed E-state index contributed by atoms with van der Waals surface area (Å²) in [7, 11) is 1.59. The first-order valence-electron chi connectivity index (χ1n) is 17.5. The third-order valence-corrected chi connectivity index (χ3v) is 10.2. The van der Waals surface area contributed by atoms with Crippen molar-refractivity contribution in [3.05, 3.63) is 29.8 Å². The van der Waals surface area contributed by atoms with E-state index in [0.717, 1.165) is 11.3 Å². The van der Waals surface area contributed by atoms with E-state index < -0.39 is 123 Å². The third-order valence-electron chi connectivity index (χ3n) is 10.2. The molecule has 1 saturated carbocycles. The van der Waals surface area contributed by atoms with Crippen molar-refractivity contribution < 1.29 is 68.9 Å². The molecule has 3 saturated heterocycles. The van der Waals surface area contributed by atoms with Crippen LogP contribution in [0.5, 0.6) is 5.75 Å². The molecule has 298 valence electrons. The Balaban J connectivity index is 1.24. The van der Waals surface area contributed by atoms with Crippen LogP contribution in [0.3, 0.4) is 0 Å². The van der Waals surface area contributed by atoms with Crippen LogP contribution in [0.15, 0.2) is 24.3 Å². The maximum Gasteiger partial charge on any atom is 0.187 e. The van der Waals surface area contributed by atoms with Crippen LogP contribution >= 0.6 is 0 Å². The van der Waals surface area contributed by atoms with Crippen LogP contribution in [0.25, 0.3) is 0 Å². The molecule has 4 fully saturated rings.